The van der Waals surface area contributed by atoms with Crippen LogP contribution in [0.25, 0.3) is 10.9 Å². The molecule has 2 aromatic heterocycles. The van der Waals surface area contributed by atoms with Crippen LogP contribution in [0.5, 0.6) is 0 Å². The number of carbonyl (C=O) groups is 1. The zero-order chi connectivity index (χ0) is 23.0. The second-order valence-corrected chi connectivity index (χ2v) is 9.86. The molecule has 1 aliphatic rings. The van der Waals surface area contributed by atoms with Gasteiger partial charge in [-0.2, -0.15) is 13.2 Å². The molecule has 1 fully saturated rings. The van der Waals surface area contributed by atoms with Gasteiger partial charge >= 0.3 is 6.18 Å². The average molecular weight is 548 g/mol. The van der Waals surface area contributed by atoms with Crippen molar-refractivity contribution in [3.63, 3.8) is 0 Å². The predicted molar refractivity (Wildman–Crippen MR) is 123 cm³/mol. The molecule has 0 spiro atoms. The van der Waals surface area contributed by atoms with Gasteiger partial charge in [0, 0.05) is 40.6 Å². The van der Waals surface area contributed by atoms with E-state index in [2.05, 4.69) is 31.2 Å². The normalized spacial score (nSPS) is 19.2. The smallest absolute Gasteiger partial charge is 0.371 e. The van der Waals surface area contributed by atoms with E-state index in [4.69, 9.17) is 11.6 Å². The van der Waals surface area contributed by atoms with E-state index in [1.165, 1.54) is 23.5 Å². The predicted octanol–water partition coefficient (Wildman–Crippen LogP) is 6.30. The summed E-state index contributed by atoms with van der Waals surface area (Å²) in [5.74, 6) is -0.206. The number of rotatable bonds is 4. The van der Waals surface area contributed by atoms with Crippen LogP contribution in [0.15, 0.2) is 34.2 Å². The van der Waals surface area contributed by atoms with E-state index in [0.29, 0.717) is 25.7 Å². The third kappa shape index (κ3) is 5.02. The molecule has 0 aliphatic heterocycles. The number of carbonyl (C=O) groups excluding carboxylic acids is 1. The number of benzene rings is 1. The van der Waals surface area contributed by atoms with E-state index < -0.39 is 11.9 Å². The lowest BCUT2D eigenvalue weighted by Gasteiger charge is -2.36. The molecule has 4 rings (SSSR count). The number of anilines is 1. The molecule has 3 aromatic rings. The van der Waals surface area contributed by atoms with Crippen LogP contribution < -0.4 is 10.2 Å². The molecule has 1 N–H and O–H groups in total. The van der Waals surface area contributed by atoms with Crippen LogP contribution in [0.1, 0.15) is 41.2 Å². The first-order valence-corrected chi connectivity index (χ1v) is 12.0. The zero-order valence-electron chi connectivity index (χ0n) is 16.9. The van der Waals surface area contributed by atoms with Crippen molar-refractivity contribution < 1.29 is 18.0 Å². The number of amides is 1. The average Bonchev–Trinajstić information content (AvgIpc) is 3.19. The fraction of sp³-hybridized carbons (Fsp3) is 0.381. The second kappa shape index (κ2) is 9.15. The van der Waals surface area contributed by atoms with Crippen molar-refractivity contribution in [3.8, 4) is 0 Å². The Kier molecular flexibility index (Phi) is 6.65. The quantitative estimate of drug-likeness (QED) is 0.416. The zero-order valence-corrected chi connectivity index (χ0v) is 20.1. The van der Waals surface area contributed by atoms with Gasteiger partial charge in [-0.25, -0.2) is 9.97 Å². The van der Waals surface area contributed by atoms with Gasteiger partial charge in [-0.1, -0.05) is 11.6 Å². The number of nitrogens with zero attached hydrogens (tertiary/aromatic N) is 3. The Morgan fingerprint density at radius 3 is 2.56 bits per heavy atom. The summed E-state index contributed by atoms with van der Waals surface area (Å²) in [7, 11) is 1.80. The van der Waals surface area contributed by atoms with E-state index in [-0.39, 0.29) is 23.5 Å². The molecule has 1 aliphatic carbocycles. The molecule has 0 saturated heterocycles. The van der Waals surface area contributed by atoms with Crippen molar-refractivity contribution in [2.75, 3.05) is 11.9 Å². The molecule has 1 amide bonds. The Bertz CT molecular complexity index is 1150. The van der Waals surface area contributed by atoms with Crippen molar-refractivity contribution in [1.82, 2.24) is 15.3 Å². The number of hydrogen-bond donors (Lipinski definition) is 1. The number of thiazole rings is 1. The first-order chi connectivity index (χ1) is 15.1. The van der Waals surface area contributed by atoms with Crippen molar-refractivity contribution in [1.29, 1.82) is 0 Å². The molecule has 2 heterocycles. The Hall–Kier alpha value is -1.91. The van der Waals surface area contributed by atoms with Crippen LogP contribution in [-0.2, 0) is 6.18 Å². The van der Waals surface area contributed by atoms with Crippen molar-refractivity contribution in [2.45, 2.75) is 43.9 Å². The Labute approximate surface area is 200 Å². The maximum atomic E-state index is 13.4. The molecule has 0 bridgehead atoms. The molecule has 1 aromatic carbocycles. The number of halogens is 5. The third-order valence-corrected chi connectivity index (χ3v) is 7.45. The highest BCUT2D eigenvalue weighted by Gasteiger charge is 2.35. The lowest BCUT2D eigenvalue weighted by molar-refractivity contribution is -0.140. The standard InChI is InChI=1S/C21H19BrClF3N4OS/c1-30(13-5-3-12(4-6-13)27-19(31)20-29-18(22)10-32-20)16-9-17(21(24,25)26)28-15-7-2-11(23)8-14(15)16/h2,7-10,12-13H,3-6H2,1H3,(H,27,31)/t12-,13+. The minimum atomic E-state index is -4.55. The van der Waals surface area contributed by atoms with E-state index in [1.807, 2.05) is 4.90 Å². The Morgan fingerprint density at radius 2 is 1.94 bits per heavy atom. The summed E-state index contributed by atoms with van der Waals surface area (Å²) in [6.45, 7) is 0. The number of hydrogen-bond acceptors (Lipinski definition) is 5. The van der Waals surface area contributed by atoms with Gasteiger partial charge in [0.2, 0.25) is 0 Å². The maximum Gasteiger partial charge on any atom is 0.433 e. The number of fused-ring (bicyclic) bond motifs is 1. The van der Waals surface area contributed by atoms with E-state index in [0.717, 1.165) is 31.7 Å². The lowest BCUT2D eigenvalue weighted by Crippen LogP contribution is -2.43. The minimum Gasteiger partial charge on any atom is -0.371 e. The number of alkyl halides is 3. The van der Waals surface area contributed by atoms with E-state index in [1.54, 1.807) is 18.5 Å². The summed E-state index contributed by atoms with van der Waals surface area (Å²) < 4.78 is 40.9. The van der Waals surface area contributed by atoms with Gasteiger partial charge < -0.3 is 10.2 Å². The van der Waals surface area contributed by atoms with Gasteiger partial charge in [-0.05, 0) is 65.9 Å². The van der Waals surface area contributed by atoms with Gasteiger partial charge in [0.15, 0.2) is 5.01 Å². The molecular formula is C21H19BrClF3N4OS. The van der Waals surface area contributed by atoms with Crippen LogP contribution in [0.4, 0.5) is 18.9 Å². The van der Waals surface area contributed by atoms with E-state index >= 15 is 0 Å². The minimum absolute atomic E-state index is 0.00388. The van der Waals surface area contributed by atoms with Crippen molar-refractivity contribution in [3.05, 3.63) is 50.0 Å². The molecule has 32 heavy (non-hydrogen) atoms. The van der Waals surface area contributed by atoms with Crippen LogP contribution in [0.2, 0.25) is 5.02 Å². The lowest BCUT2D eigenvalue weighted by atomic mass is 9.90. The molecule has 5 nitrogen and oxygen atoms in total. The SMILES string of the molecule is CN(c1cc(C(F)(F)F)nc2ccc(Cl)cc12)[C@H]1CC[C@@H](NC(=O)c2nc(Br)cs2)CC1. The Morgan fingerprint density at radius 1 is 1.22 bits per heavy atom. The molecule has 1 saturated carbocycles. The maximum absolute atomic E-state index is 13.4. The van der Waals surface area contributed by atoms with E-state index in [9.17, 15) is 18.0 Å². The monoisotopic (exact) mass is 546 g/mol. The molecule has 0 atom stereocenters. The number of aromatic nitrogens is 2. The summed E-state index contributed by atoms with van der Waals surface area (Å²) in [5, 5.41) is 6.18. The molecule has 11 heteroatoms. The summed E-state index contributed by atoms with van der Waals surface area (Å²) in [6.07, 6.45) is -1.63. The van der Waals surface area contributed by atoms with Crippen LogP contribution in [0.3, 0.4) is 0 Å². The van der Waals surface area contributed by atoms with Crippen molar-refractivity contribution >= 4 is 61.4 Å². The highest BCUT2D eigenvalue weighted by molar-refractivity contribution is 9.10. The summed E-state index contributed by atoms with van der Waals surface area (Å²) >= 11 is 10.6. The van der Waals surface area contributed by atoms with Crippen LogP contribution in [-0.4, -0.2) is 35.0 Å². The first-order valence-electron chi connectivity index (χ1n) is 9.94. The highest BCUT2D eigenvalue weighted by Crippen LogP contribution is 2.37. The molecular weight excluding hydrogens is 529 g/mol. The first kappa shape index (κ1) is 23.3. The van der Waals surface area contributed by atoms with Crippen LogP contribution >= 0.6 is 38.9 Å². The van der Waals surface area contributed by atoms with Gasteiger partial charge in [0.25, 0.3) is 5.91 Å². The number of pyridine rings is 1. The summed E-state index contributed by atoms with van der Waals surface area (Å²) in [4.78, 5) is 22.1. The molecule has 170 valence electrons. The van der Waals surface area contributed by atoms with Crippen LogP contribution in [0, 0.1) is 0 Å². The summed E-state index contributed by atoms with van der Waals surface area (Å²) in [5.41, 5.74) is -0.226. The van der Waals surface area contributed by atoms with Gasteiger partial charge in [-0.3, -0.25) is 4.79 Å². The summed E-state index contributed by atoms with van der Waals surface area (Å²) in [6, 6.07) is 5.82. The van der Waals surface area contributed by atoms with Gasteiger partial charge in [-0.15, -0.1) is 11.3 Å². The highest BCUT2D eigenvalue weighted by atomic mass is 79.9. The number of nitrogens with one attached hydrogen (secondary N) is 1. The fourth-order valence-corrected chi connectivity index (χ4v) is 5.35. The molecule has 0 radical (unpaired) electrons. The third-order valence-electron chi connectivity index (χ3n) is 5.67. The fourth-order valence-electron chi connectivity index (χ4n) is 4.03. The largest absolute Gasteiger partial charge is 0.433 e. The van der Waals surface area contributed by atoms with Crippen molar-refractivity contribution in [2.24, 2.45) is 0 Å². The molecule has 0 unspecified atom stereocenters. The van der Waals surface area contributed by atoms with Gasteiger partial charge in [0.05, 0.1) is 5.52 Å². The second-order valence-electron chi connectivity index (χ2n) is 7.75. The Balaban J connectivity index is 1.51. The van der Waals surface area contributed by atoms with Gasteiger partial charge in [0.1, 0.15) is 10.3 Å². The topological polar surface area (TPSA) is 58.1 Å².